The van der Waals surface area contributed by atoms with Crippen LogP contribution >= 0.6 is 15.9 Å². The number of carbonyl (C=O) groups is 5. The van der Waals surface area contributed by atoms with Crippen LogP contribution in [0.5, 0.6) is 0 Å². The zero-order valence-corrected chi connectivity index (χ0v) is 42.1. The van der Waals surface area contributed by atoms with E-state index >= 15 is 0 Å². The number of nitrogens with two attached hydrogens (primary N) is 2. The molecule has 5 aromatic heterocycles. The molecule has 0 radical (unpaired) electrons. The molecule has 5 aromatic rings. The maximum Gasteiger partial charge on any atom is 0.410 e. The standard InChI is InChI=1S/C29H39N7O4.C19H26BrN5O3/c1-7-18-14-35(28(39)40-29(4,5)6)16-23(18)34-25-22(26(30)37)13-33-36-15-20(10-24(25)36)19-8-9-21(31-11-19)12-32-27(38)17(2)3;1-5-11-8-24(18(27)28-19(2,3)4)10-14(11)23-16-13(17(21)26)7-22-25-9-12(20)6-15(16)25/h8-11,13,15,17-18,23,34H,7,12,14,16H2,1-6H3,(H2,30,37)(H,32,38);6-7,9,11,14,23H,5,8,10H2,1-4H3,(H2,21,26)/t18-,23+;11-,14+/m00/s1. The molecule has 4 atom stereocenters. The molecule has 366 valence electrons. The molecule has 0 aliphatic carbocycles. The van der Waals surface area contributed by atoms with Crippen LogP contribution in [-0.2, 0) is 20.8 Å². The van der Waals surface area contributed by atoms with Crippen molar-refractivity contribution in [3.05, 3.63) is 76.5 Å². The fourth-order valence-corrected chi connectivity index (χ4v) is 8.63. The number of hydrogen-bond donors (Lipinski definition) is 5. The van der Waals surface area contributed by atoms with Crippen LogP contribution in [0.4, 0.5) is 21.0 Å². The van der Waals surface area contributed by atoms with Gasteiger partial charge in [0.25, 0.3) is 11.8 Å². The summed E-state index contributed by atoms with van der Waals surface area (Å²) in [5.41, 5.74) is 15.9. The van der Waals surface area contributed by atoms with Crippen LogP contribution in [-0.4, -0.2) is 113 Å². The Morgan fingerprint density at radius 1 is 0.721 bits per heavy atom. The fraction of sp³-hybridized carbons (Fsp3) is 0.500. The second-order valence-electron chi connectivity index (χ2n) is 19.7. The van der Waals surface area contributed by atoms with Crippen molar-refractivity contribution in [2.24, 2.45) is 29.2 Å². The second-order valence-corrected chi connectivity index (χ2v) is 20.6. The minimum absolute atomic E-state index is 0.0253. The molecule has 2 aliphatic heterocycles. The van der Waals surface area contributed by atoms with Crippen molar-refractivity contribution < 1.29 is 33.4 Å². The highest BCUT2D eigenvalue weighted by molar-refractivity contribution is 9.10. The molecule has 0 spiro atoms. The summed E-state index contributed by atoms with van der Waals surface area (Å²) in [6.07, 6.45) is 9.39. The van der Waals surface area contributed by atoms with Gasteiger partial charge in [0.1, 0.15) is 11.2 Å². The van der Waals surface area contributed by atoms with Crippen molar-refractivity contribution in [2.45, 2.75) is 112 Å². The topological polar surface area (TPSA) is 246 Å². The van der Waals surface area contributed by atoms with Gasteiger partial charge in [-0.2, -0.15) is 10.2 Å². The number of nitrogens with zero attached hydrogens (tertiary/aromatic N) is 7. The minimum atomic E-state index is -0.593. The number of ether oxygens (including phenoxy) is 2. The van der Waals surface area contributed by atoms with Crippen molar-refractivity contribution in [1.29, 1.82) is 0 Å². The van der Waals surface area contributed by atoms with Gasteiger partial charge in [0.2, 0.25) is 5.91 Å². The fourth-order valence-electron chi connectivity index (χ4n) is 8.22. The molecule has 20 heteroatoms. The zero-order chi connectivity index (χ0) is 49.8. The Labute approximate surface area is 405 Å². The highest BCUT2D eigenvalue weighted by Crippen LogP contribution is 2.33. The SMILES string of the molecule is CC[C@H]1CN(C(=O)OC(C)(C)C)C[C@H]1Nc1c(C(N)=O)cnn2cc(-c3ccc(CNC(=O)C(C)C)nc3)cc12.CC[C@H]1CN(C(=O)OC(C)(C)C)C[C@H]1Nc1c(C(N)=O)cnn2cc(Br)cc12. The first-order valence-electron chi connectivity index (χ1n) is 22.9. The number of pyridine rings is 1. The molecule has 68 heavy (non-hydrogen) atoms. The number of likely N-dealkylation sites (tertiary alicyclic amines) is 2. The molecule has 2 saturated heterocycles. The molecule has 19 nitrogen and oxygen atoms in total. The lowest BCUT2D eigenvalue weighted by molar-refractivity contribution is -0.124. The highest BCUT2D eigenvalue weighted by Gasteiger charge is 2.38. The van der Waals surface area contributed by atoms with Crippen molar-refractivity contribution >= 4 is 68.2 Å². The maximum absolute atomic E-state index is 12.8. The average Bonchev–Trinajstić information content (AvgIpc) is 4.06. The molecule has 7 rings (SSSR count). The number of primary amides is 2. The van der Waals surface area contributed by atoms with Crippen LogP contribution in [0.15, 0.2) is 59.7 Å². The molecule has 7 heterocycles. The van der Waals surface area contributed by atoms with Crippen molar-refractivity contribution in [3.63, 3.8) is 0 Å². The van der Waals surface area contributed by atoms with Gasteiger partial charge in [0, 0.05) is 78.4 Å². The minimum Gasteiger partial charge on any atom is -0.444 e. The van der Waals surface area contributed by atoms with Crippen molar-refractivity contribution in [2.75, 3.05) is 36.8 Å². The summed E-state index contributed by atoms with van der Waals surface area (Å²) >= 11 is 3.44. The Balaban J connectivity index is 0.000000238. The Morgan fingerprint density at radius 2 is 1.21 bits per heavy atom. The van der Waals surface area contributed by atoms with E-state index in [4.69, 9.17) is 20.9 Å². The molecular weight excluding hydrogens is 937 g/mol. The Kier molecular flexibility index (Phi) is 15.6. The Bertz CT molecular complexity index is 2650. The number of anilines is 2. The smallest absolute Gasteiger partial charge is 0.410 e. The molecule has 2 fully saturated rings. The number of fused-ring (bicyclic) bond motifs is 2. The third kappa shape index (κ3) is 12.4. The van der Waals surface area contributed by atoms with E-state index in [1.165, 1.54) is 12.4 Å². The summed E-state index contributed by atoms with van der Waals surface area (Å²) in [6, 6.07) is 7.47. The number of rotatable bonds is 12. The number of aromatic nitrogens is 5. The lowest BCUT2D eigenvalue weighted by Gasteiger charge is -2.24. The zero-order valence-electron chi connectivity index (χ0n) is 40.6. The largest absolute Gasteiger partial charge is 0.444 e. The van der Waals surface area contributed by atoms with E-state index in [9.17, 15) is 24.0 Å². The van der Waals surface area contributed by atoms with Gasteiger partial charge < -0.3 is 46.7 Å². The van der Waals surface area contributed by atoms with E-state index < -0.39 is 23.0 Å². The lowest BCUT2D eigenvalue weighted by atomic mass is 10.00. The molecular formula is C48H65BrN12O7. The van der Waals surface area contributed by atoms with Gasteiger partial charge in [-0.15, -0.1) is 0 Å². The van der Waals surface area contributed by atoms with E-state index in [0.717, 1.165) is 39.7 Å². The van der Waals surface area contributed by atoms with Gasteiger partial charge in [-0.25, -0.2) is 18.6 Å². The molecule has 0 unspecified atom stereocenters. The first-order valence-corrected chi connectivity index (χ1v) is 23.7. The number of halogens is 1. The van der Waals surface area contributed by atoms with Gasteiger partial charge in [0.15, 0.2) is 0 Å². The lowest BCUT2D eigenvalue weighted by Crippen LogP contribution is -2.36. The first-order chi connectivity index (χ1) is 31.9. The predicted molar refractivity (Wildman–Crippen MR) is 263 cm³/mol. The Morgan fingerprint density at radius 3 is 1.63 bits per heavy atom. The van der Waals surface area contributed by atoms with Crippen molar-refractivity contribution in [1.82, 2.24) is 39.3 Å². The molecule has 5 amide bonds. The molecule has 0 bridgehead atoms. The van der Waals surface area contributed by atoms with E-state index in [0.29, 0.717) is 55.2 Å². The number of hydrogen-bond acceptors (Lipinski definition) is 12. The number of carbonyl (C=O) groups excluding carboxylic acids is 5. The van der Waals surface area contributed by atoms with Crippen molar-refractivity contribution in [3.8, 4) is 11.1 Å². The summed E-state index contributed by atoms with van der Waals surface area (Å²) < 4.78 is 15.3. The normalized spacial score (nSPS) is 18.4. The monoisotopic (exact) mass is 1000 g/mol. The van der Waals surface area contributed by atoms with Gasteiger partial charge in [-0.05, 0) is 100 Å². The predicted octanol–water partition coefficient (Wildman–Crippen LogP) is 7.08. The summed E-state index contributed by atoms with van der Waals surface area (Å²) in [5.74, 6) is -0.883. The van der Waals surface area contributed by atoms with Gasteiger partial charge in [0.05, 0.1) is 58.2 Å². The third-order valence-corrected chi connectivity index (χ3v) is 12.2. The molecule has 0 aromatic carbocycles. The summed E-state index contributed by atoms with van der Waals surface area (Å²) in [7, 11) is 0. The highest BCUT2D eigenvalue weighted by atomic mass is 79.9. The van der Waals surface area contributed by atoms with Crippen LogP contribution in [0.3, 0.4) is 0 Å². The average molecular weight is 1000 g/mol. The molecule has 7 N–H and O–H groups in total. The summed E-state index contributed by atoms with van der Waals surface area (Å²) in [4.78, 5) is 69.4. The van der Waals surface area contributed by atoms with E-state index in [1.807, 2.05) is 92.0 Å². The van der Waals surface area contributed by atoms with Crippen LogP contribution in [0.1, 0.15) is 108 Å². The number of amides is 5. The second kappa shape index (κ2) is 20.8. The van der Waals surface area contributed by atoms with E-state index in [2.05, 4.69) is 60.9 Å². The molecule has 0 saturated carbocycles. The van der Waals surface area contributed by atoms with Gasteiger partial charge >= 0.3 is 12.2 Å². The van der Waals surface area contributed by atoms with Gasteiger partial charge in [-0.3, -0.25) is 19.4 Å². The third-order valence-electron chi connectivity index (χ3n) is 11.8. The summed E-state index contributed by atoms with van der Waals surface area (Å²) in [5, 5.41) is 18.5. The van der Waals surface area contributed by atoms with E-state index in [1.54, 1.807) is 25.0 Å². The first kappa shape index (κ1) is 51.0. The summed E-state index contributed by atoms with van der Waals surface area (Å²) in [6.45, 7) is 21.4. The van der Waals surface area contributed by atoms with Crippen LogP contribution in [0.25, 0.3) is 22.2 Å². The quantitative estimate of drug-likeness (QED) is 0.0842. The van der Waals surface area contributed by atoms with Crippen LogP contribution in [0.2, 0.25) is 0 Å². The Hall–Kier alpha value is -6.44. The van der Waals surface area contributed by atoms with Crippen LogP contribution < -0.4 is 27.4 Å². The van der Waals surface area contributed by atoms with Gasteiger partial charge in [-0.1, -0.05) is 33.8 Å². The maximum atomic E-state index is 12.8. The van der Waals surface area contributed by atoms with E-state index in [-0.39, 0.29) is 53.5 Å². The molecule has 2 aliphatic rings. The van der Waals surface area contributed by atoms with Crippen LogP contribution in [0, 0.1) is 17.8 Å². The number of nitrogens with one attached hydrogen (secondary N) is 3.